The van der Waals surface area contributed by atoms with Crippen molar-refractivity contribution in [2.75, 3.05) is 11.9 Å². The highest BCUT2D eigenvalue weighted by Gasteiger charge is 2.36. The second-order valence-electron chi connectivity index (χ2n) is 6.27. The van der Waals surface area contributed by atoms with E-state index >= 15 is 0 Å². The number of rotatable bonds is 7. The van der Waals surface area contributed by atoms with Gasteiger partial charge in [-0.2, -0.15) is 4.98 Å². The van der Waals surface area contributed by atoms with Crippen molar-refractivity contribution < 1.29 is 28.2 Å². The summed E-state index contributed by atoms with van der Waals surface area (Å²) in [7, 11) is 0. The SMILES string of the molecule is CCCCCOC(=O)Nc1nc(=O)n([C@H]2C[C@H](OC(C)=O)[C@@H](C)O2)cc1F. The van der Waals surface area contributed by atoms with Crippen LogP contribution in [0.25, 0.3) is 0 Å². The molecule has 0 spiro atoms. The van der Waals surface area contributed by atoms with Gasteiger partial charge >= 0.3 is 17.8 Å². The summed E-state index contributed by atoms with van der Waals surface area (Å²) < 4.78 is 30.8. The van der Waals surface area contributed by atoms with Crippen molar-refractivity contribution in [3.63, 3.8) is 0 Å². The van der Waals surface area contributed by atoms with Gasteiger partial charge in [0.15, 0.2) is 11.6 Å². The van der Waals surface area contributed by atoms with Gasteiger partial charge in [0.05, 0.1) is 18.9 Å². The molecule has 1 fully saturated rings. The molecule has 27 heavy (non-hydrogen) atoms. The number of ether oxygens (including phenoxy) is 3. The molecule has 1 aliphatic heterocycles. The molecule has 150 valence electrons. The first-order valence-electron chi connectivity index (χ1n) is 8.87. The number of hydrogen-bond acceptors (Lipinski definition) is 7. The van der Waals surface area contributed by atoms with Crippen molar-refractivity contribution in [1.82, 2.24) is 9.55 Å². The Kier molecular flexibility index (Phi) is 7.28. The highest BCUT2D eigenvalue weighted by Crippen LogP contribution is 2.30. The molecule has 1 amide bonds. The van der Waals surface area contributed by atoms with Crippen molar-refractivity contribution in [2.24, 2.45) is 0 Å². The quantitative estimate of drug-likeness (QED) is 0.567. The fourth-order valence-corrected chi connectivity index (χ4v) is 2.71. The average Bonchev–Trinajstić information content (AvgIpc) is 2.94. The number of nitrogens with zero attached hydrogens (tertiary/aromatic N) is 2. The monoisotopic (exact) mass is 385 g/mol. The number of carbonyl (C=O) groups excluding carboxylic acids is 2. The number of hydrogen-bond donors (Lipinski definition) is 1. The van der Waals surface area contributed by atoms with Gasteiger partial charge in [0.1, 0.15) is 12.3 Å². The normalized spacial score (nSPS) is 21.7. The molecular weight excluding hydrogens is 361 g/mol. The molecule has 9 nitrogen and oxygen atoms in total. The minimum Gasteiger partial charge on any atom is -0.460 e. The predicted molar refractivity (Wildman–Crippen MR) is 92.7 cm³/mol. The Morgan fingerprint density at radius 2 is 2.19 bits per heavy atom. The molecule has 2 rings (SSSR count). The highest BCUT2D eigenvalue weighted by molar-refractivity contribution is 5.83. The third-order valence-electron chi connectivity index (χ3n) is 4.07. The van der Waals surface area contributed by atoms with Crippen LogP contribution in [0, 0.1) is 5.82 Å². The molecule has 10 heteroatoms. The van der Waals surface area contributed by atoms with Gasteiger partial charge in [-0.05, 0) is 13.3 Å². The molecule has 3 atom stereocenters. The van der Waals surface area contributed by atoms with Gasteiger partial charge < -0.3 is 14.2 Å². The molecular formula is C17H24FN3O6. The van der Waals surface area contributed by atoms with Gasteiger partial charge in [0.2, 0.25) is 0 Å². The van der Waals surface area contributed by atoms with Gasteiger partial charge in [-0.1, -0.05) is 19.8 Å². The Morgan fingerprint density at radius 3 is 2.85 bits per heavy atom. The Balaban J connectivity index is 2.03. The second-order valence-corrected chi connectivity index (χ2v) is 6.27. The Bertz CT molecular complexity index is 738. The van der Waals surface area contributed by atoms with Crippen LogP contribution in [0.4, 0.5) is 15.0 Å². The Morgan fingerprint density at radius 1 is 1.44 bits per heavy atom. The lowest BCUT2D eigenvalue weighted by Crippen LogP contribution is -2.29. The molecule has 1 N–H and O–H groups in total. The zero-order valence-corrected chi connectivity index (χ0v) is 15.6. The van der Waals surface area contributed by atoms with E-state index in [1.807, 2.05) is 6.92 Å². The second kappa shape index (κ2) is 9.45. The van der Waals surface area contributed by atoms with E-state index in [0.717, 1.165) is 23.6 Å². The van der Waals surface area contributed by atoms with Crippen molar-refractivity contribution in [3.8, 4) is 0 Å². The van der Waals surface area contributed by atoms with E-state index in [2.05, 4.69) is 10.3 Å². The van der Waals surface area contributed by atoms with Gasteiger partial charge in [-0.25, -0.2) is 14.0 Å². The van der Waals surface area contributed by atoms with Crippen LogP contribution in [0.2, 0.25) is 0 Å². The van der Waals surface area contributed by atoms with Gasteiger partial charge in [0, 0.05) is 13.3 Å². The van der Waals surface area contributed by atoms with Crippen molar-refractivity contribution in [2.45, 2.75) is 64.9 Å². The summed E-state index contributed by atoms with van der Waals surface area (Å²) >= 11 is 0. The van der Waals surface area contributed by atoms with Crippen LogP contribution in [-0.2, 0) is 19.0 Å². The van der Waals surface area contributed by atoms with Crippen molar-refractivity contribution >= 4 is 17.9 Å². The molecule has 1 aliphatic rings. The number of unbranched alkanes of at least 4 members (excludes halogenated alkanes) is 2. The standard InChI is InChI=1S/C17H24FN3O6/c1-4-5-6-7-25-17(24)20-15-12(18)9-21(16(23)19-15)14-8-13(10(2)26-14)27-11(3)22/h9-10,13-14H,4-8H2,1-3H3,(H,19,20,23,24)/t10-,13+,14-/m1/s1. The van der Waals surface area contributed by atoms with E-state index in [0.29, 0.717) is 6.42 Å². The number of halogens is 1. The number of nitrogens with one attached hydrogen (secondary N) is 1. The van der Waals surface area contributed by atoms with E-state index in [1.54, 1.807) is 6.92 Å². The van der Waals surface area contributed by atoms with Crippen molar-refractivity contribution in [3.05, 3.63) is 22.5 Å². The van der Waals surface area contributed by atoms with E-state index < -0.39 is 47.8 Å². The maximum Gasteiger partial charge on any atom is 0.412 e. The van der Waals surface area contributed by atoms with Crippen LogP contribution < -0.4 is 11.0 Å². The lowest BCUT2D eigenvalue weighted by molar-refractivity contribution is -0.148. The van der Waals surface area contributed by atoms with Gasteiger partial charge in [-0.3, -0.25) is 14.7 Å². The van der Waals surface area contributed by atoms with Crippen molar-refractivity contribution in [1.29, 1.82) is 0 Å². The fraction of sp³-hybridized carbons (Fsp3) is 0.647. The van der Waals surface area contributed by atoms with Crippen LogP contribution >= 0.6 is 0 Å². The van der Waals surface area contributed by atoms with Crippen LogP contribution in [0.1, 0.15) is 52.7 Å². The van der Waals surface area contributed by atoms with Crippen LogP contribution in [-0.4, -0.2) is 40.4 Å². The van der Waals surface area contributed by atoms with E-state index in [-0.39, 0.29) is 13.0 Å². The minimum atomic E-state index is -0.910. The average molecular weight is 385 g/mol. The summed E-state index contributed by atoms with van der Waals surface area (Å²) in [6.45, 7) is 5.17. The van der Waals surface area contributed by atoms with E-state index in [1.165, 1.54) is 6.92 Å². The molecule has 1 saturated heterocycles. The first kappa shape index (κ1) is 20.8. The van der Waals surface area contributed by atoms with Crippen LogP contribution in [0.15, 0.2) is 11.0 Å². The highest BCUT2D eigenvalue weighted by atomic mass is 19.1. The topological polar surface area (TPSA) is 109 Å². The maximum absolute atomic E-state index is 14.3. The number of aromatic nitrogens is 2. The van der Waals surface area contributed by atoms with Crippen LogP contribution in [0.3, 0.4) is 0 Å². The summed E-state index contributed by atoms with van der Waals surface area (Å²) in [6.07, 6.45) is 0.961. The molecule has 0 bridgehead atoms. The first-order valence-corrected chi connectivity index (χ1v) is 8.87. The number of amides is 1. The third kappa shape index (κ3) is 5.75. The molecule has 2 heterocycles. The predicted octanol–water partition coefficient (Wildman–Crippen LogP) is 2.36. The number of esters is 1. The summed E-state index contributed by atoms with van der Waals surface area (Å²) in [5.41, 5.74) is -0.807. The molecule has 0 unspecified atom stereocenters. The fourth-order valence-electron chi connectivity index (χ4n) is 2.71. The molecule has 1 aromatic rings. The largest absolute Gasteiger partial charge is 0.460 e. The summed E-state index contributed by atoms with van der Waals surface area (Å²) in [4.78, 5) is 38.5. The Hall–Kier alpha value is -2.49. The molecule has 0 saturated carbocycles. The maximum atomic E-state index is 14.3. The van der Waals surface area contributed by atoms with E-state index in [9.17, 15) is 18.8 Å². The van der Waals surface area contributed by atoms with Gasteiger partial charge in [-0.15, -0.1) is 0 Å². The summed E-state index contributed by atoms with van der Waals surface area (Å²) in [6, 6.07) is 0. The molecule has 0 aromatic carbocycles. The first-order chi connectivity index (χ1) is 12.8. The van der Waals surface area contributed by atoms with Crippen LogP contribution in [0.5, 0.6) is 0 Å². The molecule has 0 aliphatic carbocycles. The number of carbonyl (C=O) groups is 2. The molecule has 0 radical (unpaired) electrons. The number of anilines is 1. The van der Waals surface area contributed by atoms with Gasteiger partial charge in [0.25, 0.3) is 0 Å². The zero-order chi connectivity index (χ0) is 20.0. The summed E-state index contributed by atoms with van der Waals surface area (Å²) in [5.74, 6) is -1.89. The lowest BCUT2D eigenvalue weighted by Gasteiger charge is -2.14. The summed E-state index contributed by atoms with van der Waals surface area (Å²) in [5, 5.41) is 2.12. The van der Waals surface area contributed by atoms with E-state index in [4.69, 9.17) is 14.2 Å². The lowest BCUT2D eigenvalue weighted by atomic mass is 10.2. The molecule has 1 aromatic heterocycles. The zero-order valence-electron chi connectivity index (χ0n) is 15.6. The smallest absolute Gasteiger partial charge is 0.412 e. The minimum absolute atomic E-state index is 0.189. The third-order valence-corrected chi connectivity index (χ3v) is 4.07. The Labute approximate surface area is 155 Å².